The minimum atomic E-state index is -4.71. The predicted molar refractivity (Wildman–Crippen MR) is 252 cm³/mol. The zero-order chi connectivity index (χ0) is 54.8. The van der Waals surface area contributed by atoms with Crippen molar-refractivity contribution in [3.05, 3.63) is 129 Å². The Morgan fingerprint density at radius 2 is 1.11 bits per heavy atom. The number of nitro benzene ring substituents is 1. The van der Waals surface area contributed by atoms with Gasteiger partial charge < -0.3 is 26.4 Å². The summed E-state index contributed by atoms with van der Waals surface area (Å²) in [4.78, 5) is 62.1. The van der Waals surface area contributed by atoms with E-state index < -0.39 is 83.5 Å². The summed E-state index contributed by atoms with van der Waals surface area (Å²) < 4.78 is 134. The number of amides is 3. The summed E-state index contributed by atoms with van der Waals surface area (Å²) >= 11 is 0. The van der Waals surface area contributed by atoms with Crippen molar-refractivity contribution < 1.29 is 72.0 Å². The van der Waals surface area contributed by atoms with Gasteiger partial charge in [0.1, 0.15) is 5.75 Å². The molecule has 400 valence electrons. The Morgan fingerprint density at radius 1 is 0.676 bits per heavy atom. The number of nitrogens with zero attached hydrogens (tertiary/aromatic N) is 8. The van der Waals surface area contributed by atoms with E-state index in [9.17, 15) is 72.5 Å². The molecule has 0 bridgehead atoms. The van der Waals surface area contributed by atoms with Gasteiger partial charge in [-0.3, -0.25) is 38.9 Å². The quantitative estimate of drug-likeness (QED) is 0.0677. The number of carbonyl (C=O) groups is 4. The fourth-order valence-electron chi connectivity index (χ4n) is 7.03. The first-order valence-electron chi connectivity index (χ1n) is 21.4. The van der Waals surface area contributed by atoms with Crippen molar-refractivity contribution in [1.29, 1.82) is 0 Å². The number of non-ortho nitro benzene ring substituents is 1. The van der Waals surface area contributed by atoms with Crippen molar-refractivity contribution in [2.45, 2.75) is 25.4 Å². The molecule has 2 aliphatic rings. The second-order valence-electron chi connectivity index (χ2n) is 16.2. The normalized spacial score (nSPS) is 14.6. The van der Waals surface area contributed by atoms with Gasteiger partial charge in [0.15, 0.2) is 11.6 Å². The molecule has 0 aliphatic carbocycles. The standard InChI is InChI=1S/C18H21F3N6O4S.C13H16F3N3O.C11H10N4O6S/c1-32(30,31)24-15-4-5-27(23-15)17(29)26-8-6-25(7-9-26)11-12-2-3-13(16(22)28)14(10-12)18(19,20)21;14-13(15,16)11-7-9(1-2-10(11)12(17)20)8-19-5-3-18-4-6-19;1-22(19,20)13-10-6-7-14(12-10)11(16)21-9-4-2-8(3-5-9)15(17)18/h2-5,10H,6-9,11H2,1H3,(H2,22,28)(H,23,24);1-2,7,18H,3-6,8H2,(H2,17,20);2-7H,1H3,(H,12,13). The van der Waals surface area contributed by atoms with Crippen molar-refractivity contribution >= 4 is 61.3 Å². The van der Waals surface area contributed by atoms with Crippen molar-refractivity contribution in [2.24, 2.45) is 11.5 Å². The molecule has 7 rings (SSSR count). The number of ether oxygens (including phenoxy) is 1. The molecule has 2 saturated heterocycles. The summed E-state index contributed by atoms with van der Waals surface area (Å²) in [6.07, 6.45) is -5.73. The first-order valence-corrected chi connectivity index (χ1v) is 25.2. The minimum Gasteiger partial charge on any atom is -0.409 e. The van der Waals surface area contributed by atoms with Crippen LogP contribution in [0.1, 0.15) is 43.0 Å². The van der Waals surface area contributed by atoms with Gasteiger partial charge in [0.2, 0.25) is 31.9 Å². The number of sulfonamides is 2. The molecular formula is C42H47F6N13O11S2. The van der Waals surface area contributed by atoms with Crippen LogP contribution in [-0.4, -0.2) is 145 Å². The van der Waals surface area contributed by atoms with Crippen LogP contribution < -0.4 is 31.0 Å². The third-order valence-electron chi connectivity index (χ3n) is 10.4. The number of hydrogen-bond acceptors (Lipinski definition) is 16. The third kappa shape index (κ3) is 17.2. The van der Waals surface area contributed by atoms with E-state index in [4.69, 9.17) is 16.2 Å². The van der Waals surface area contributed by atoms with Gasteiger partial charge >= 0.3 is 24.5 Å². The van der Waals surface area contributed by atoms with Crippen LogP contribution in [0.2, 0.25) is 0 Å². The van der Waals surface area contributed by atoms with Crippen LogP contribution in [0.3, 0.4) is 0 Å². The number of nitrogens with one attached hydrogen (secondary N) is 3. The summed E-state index contributed by atoms with van der Waals surface area (Å²) in [5.74, 6) is -2.15. The third-order valence-corrected chi connectivity index (χ3v) is 11.5. The summed E-state index contributed by atoms with van der Waals surface area (Å²) in [7, 11) is -7.03. The van der Waals surface area contributed by atoms with Gasteiger partial charge in [-0.15, -0.1) is 10.2 Å². The van der Waals surface area contributed by atoms with Crippen LogP contribution in [0.5, 0.6) is 5.75 Å². The van der Waals surface area contributed by atoms with Gasteiger partial charge in [0.05, 0.1) is 39.7 Å². The number of carbonyl (C=O) groups excluding carboxylic acids is 4. The van der Waals surface area contributed by atoms with Gasteiger partial charge in [-0.05, 0) is 47.5 Å². The molecule has 2 aliphatic heterocycles. The minimum absolute atomic E-state index is 0.0133. The lowest BCUT2D eigenvalue weighted by Crippen LogP contribution is -2.49. The van der Waals surface area contributed by atoms with E-state index in [0.29, 0.717) is 43.9 Å². The Kier molecular flexibility index (Phi) is 18.5. The predicted octanol–water partition coefficient (Wildman–Crippen LogP) is 3.58. The molecule has 32 heteroatoms. The van der Waals surface area contributed by atoms with E-state index in [1.807, 2.05) is 4.90 Å². The largest absolute Gasteiger partial charge is 0.440 e. The van der Waals surface area contributed by atoms with Crippen LogP contribution in [0, 0.1) is 10.1 Å². The Hall–Kier alpha value is -7.68. The Morgan fingerprint density at radius 3 is 1.53 bits per heavy atom. The number of anilines is 2. The topological polar surface area (TPSA) is 322 Å². The molecule has 4 heterocycles. The van der Waals surface area contributed by atoms with Crippen LogP contribution in [0.25, 0.3) is 0 Å². The molecule has 7 N–H and O–H groups in total. The van der Waals surface area contributed by atoms with Crippen LogP contribution in [0.15, 0.2) is 85.2 Å². The number of primary amides is 2. The zero-order valence-corrected chi connectivity index (χ0v) is 40.6. The fraction of sp³-hybridized carbons (Fsp3) is 0.333. The molecule has 0 atom stereocenters. The highest BCUT2D eigenvalue weighted by molar-refractivity contribution is 7.92. The maximum Gasteiger partial charge on any atom is 0.440 e. The van der Waals surface area contributed by atoms with E-state index >= 15 is 0 Å². The Bertz CT molecular complexity index is 3070. The first-order chi connectivity index (χ1) is 34.5. The number of alkyl halides is 6. The number of benzene rings is 3. The Labute approximate surface area is 417 Å². The van der Waals surface area contributed by atoms with E-state index in [2.05, 4.69) is 29.9 Å². The highest BCUT2D eigenvalue weighted by Crippen LogP contribution is 2.34. The molecule has 24 nitrogen and oxygen atoms in total. The first kappa shape index (κ1) is 57.2. The maximum absolute atomic E-state index is 13.2. The fourth-order valence-corrected chi connectivity index (χ4v) is 8.01. The second kappa shape index (κ2) is 23.9. The summed E-state index contributed by atoms with van der Waals surface area (Å²) in [6.45, 7) is 5.28. The number of nitro groups is 1. The van der Waals surface area contributed by atoms with Crippen molar-refractivity contribution in [3.8, 4) is 5.75 Å². The van der Waals surface area contributed by atoms with Crippen LogP contribution in [0.4, 0.5) is 53.3 Å². The molecular weight excluding hydrogens is 1040 g/mol. The lowest BCUT2D eigenvalue weighted by atomic mass is 10.0. The van der Waals surface area contributed by atoms with Gasteiger partial charge in [-0.25, -0.2) is 26.4 Å². The van der Waals surface area contributed by atoms with E-state index in [1.54, 1.807) is 0 Å². The van der Waals surface area contributed by atoms with Crippen molar-refractivity contribution in [1.82, 2.24) is 39.6 Å². The molecule has 3 amide bonds. The lowest BCUT2D eigenvalue weighted by molar-refractivity contribution is -0.384. The zero-order valence-electron chi connectivity index (χ0n) is 39.0. The Balaban J connectivity index is 0.000000213. The molecule has 2 aromatic heterocycles. The summed E-state index contributed by atoms with van der Waals surface area (Å²) in [6, 6.07) is 14.2. The number of nitrogens with two attached hydrogens (primary N) is 2. The summed E-state index contributed by atoms with van der Waals surface area (Å²) in [5.41, 5.74) is 7.68. The molecule has 2 fully saturated rings. The highest BCUT2D eigenvalue weighted by atomic mass is 32.2. The SMILES string of the molecule is CS(=O)(=O)Nc1ccn(C(=O)N2CCN(Cc3ccc(C(N)=O)c(C(F)(F)F)c3)CC2)n1.CS(=O)(=O)Nc1ccn(C(=O)Oc2ccc([N+](=O)[O-])cc2)n1.NC(=O)c1ccc(CN2CCNCC2)cc1C(F)(F)F. The summed E-state index contributed by atoms with van der Waals surface area (Å²) in [5, 5.41) is 21.2. The molecule has 0 unspecified atom stereocenters. The average Bonchev–Trinajstić information content (AvgIpc) is 3.98. The van der Waals surface area contributed by atoms with Gasteiger partial charge in [0.25, 0.3) is 5.69 Å². The molecule has 5 aromatic rings. The molecule has 0 spiro atoms. The second-order valence-corrected chi connectivity index (χ2v) is 19.7. The van der Waals surface area contributed by atoms with Crippen LogP contribution in [-0.2, 0) is 45.5 Å². The van der Waals surface area contributed by atoms with Crippen molar-refractivity contribution in [2.75, 3.05) is 74.3 Å². The number of piperazine rings is 2. The lowest BCUT2D eigenvalue weighted by Gasteiger charge is -2.34. The van der Waals surface area contributed by atoms with Gasteiger partial charge in [-0.1, -0.05) is 12.1 Å². The van der Waals surface area contributed by atoms with E-state index in [1.165, 1.54) is 65.8 Å². The van der Waals surface area contributed by atoms with E-state index in [0.717, 1.165) is 72.3 Å². The number of aromatic nitrogens is 4. The molecule has 0 radical (unpaired) electrons. The number of halogens is 6. The van der Waals surface area contributed by atoms with Crippen LogP contribution >= 0.6 is 0 Å². The molecule has 0 saturated carbocycles. The number of rotatable bonds is 12. The number of hydrogen-bond donors (Lipinski definition) is 5. The van der Waals surface area contributed by atoms with Gasteiger partial charge in [0, 0.05) is 102 Å². The smallest absolute Gasteiger partial charge is 0.409 e. The van der Waals surface area contributed by atoms with Crippen molar-refractivity contribution in [3.63, 3.8) is 0 Å². The highest BCUT2D eigenvalue weighted by Gasteiger charge is 2.36. The molecule has 3 aromatic carbocycles. The monoisotopic (exact) mass is 1090 g/mol. The van der Waals surface area contributed by atoms with E-state index in [-0.39, 0.29) is 29.6 Å². The average molecular weight is 1090 g/mol. The molecule has 74 heavy (non-hydrogen) atoms. The van der Waals surface area contributed by atoms with Gasteiger partial charge in [-0.2, -0.15) is 35.7 Å². The maximum atomic E-state index is 13.2.